The van der Waals surface area contributed by atoms with Crippen molar-refractivity contribution in [3.05, 3.63) is 39.2 Å². The molecule has 0 aliphatic carbocycles. The molecule has 146 valence electrons. The van der Waals surface area contributed by atoms with E-state index in [1.807, 2.05) is 0 Å². The minimum atomic E-state index is -0.426. The molecule has 0 amide bonds. The standard InChI is InChI=1S/C17H16N10O2/c1-4-5-10(2)26-16(28)12-6-15-13(7-14(12)20-23-26)17(29)27(24-21-15)11(3)8-25-19-9-18-22-25/h6-7,9-11H,8H2,1-3H3/t10?,11-/m1/s1. The summed E-state index contributed by atoms with van der Waals surface area (Å²) in [6, 6.07) is 2.22. The molecule has 12 nitrogen and oxygen atoms in total. The molecule has 0 saturated carbocycles. The predicted molar refractivity (Wildman–Crippen MR) is 102 cm³/mol. The number of nitrogens with zero attached hydrogens (tertiary/aromatic N) is 10. The first-order valence-corrected chi connectivity index (χ1v) is 8.81. The lowest BCUT2D eigenvalue weighted by Gasteiger charge is -2.12. The minimum absolute atomic E-state index is 0.291. The Balaban J connectivity index is 1.83. The van der Waals surface area contributed by atoms with Crippen molar-refractivity contribution < 1.29 is 0 Å². The van der Waals surface area contributed by atoms with E-state index < -0.39 is 6.04 Å². The topological polar surface area (TPSA) is 139 Å². The van der Waals surface area contributed by atoms with Crippen molar-refractivity contribution in [1.82, 2.24) is 50.2 Å². The minimum Gasteiger partial charge on any atom is -0.267 e. The smallest absolute Gasteiger partial charge is 0.267 e. The second kappa shape index (κ2) is 7.19. The molecule has 0 N–H and O–H groups in total. The molecule has 0 fully saturated rings. The molecule has 3 heterocycles. The van der Waals surface area contributed by atoms with Gasteiger partial charge in [-0.05, 0) is 38.1 Å². The molecular weight excluding hydrogens is 376 g/mol. The second-order valence-electron chi connectivity index (χ2n) is 6.47. The first kappa shape index (κ1) is 18.4. The summed E-state index contributed by atoms with van der Waals surface area (Å²) in [6.45, 7) is 5.53. The number of aromatic nitrogens is 10. The van der Waals surface area contributed by atoms with E-state index in [0.717, 1.165) is 0 Å². The van der Waals surface area contributed by atoms with Gasteiger partial charge in [-0.15, -0.1) is 26.3 Å². The Bertz CT molecular complexity index is 1380. The van der Waals surface area contributed by atoms with Crippen molar-refractivity contribution >= 4 is 21.8 Å². The first-order chi connectivity index (χ1) is 14.0. The maximum atomic E-state index is 12.9. The molecule has 0 bridgehead atoms. The number of benzene rings is 1. The van der Waals surface area contributed by atoms with Gasteiger partial charge in [0.25, 0.3) is 11.1 Å². The highest BCUT2D eigenvalue weighted by molar-refractivity contribution is 5.93. The van der Waals surface area contributed by atoms with Crippen LogP contribution in [0.3, 0.4) is 0 Å². The van der Waals surface area contributed by atoms with Crippen molar-refractivity contribution in [1.29, 1.82) is 0 Å². The number of hydrogen-bond acceptors (Lipinski definition) is 9. The van der Waals surface area contributed by atoms with Crippen LogP contribution in [-0.2, 0) is 6.54 Å². The lowest BCUT2D eigenvalue weighted by molar-refractivity contribution is 0.354. The Hall–Kier alpha value is -4.01. The van der Waals surface area contributed by atoms with Crippen molar-refractivity contribution in [2.24, 2.45) is 0 Å². The Kier molecular flexibility index (Phi) is 4.55. The van der Waals surface area contributed by atoms with Crippen molar-refractivity contribution in [3.8, 4) is 11.8 Å². The number of fused-ring (bicyclic) bond motifs is 2. The van der Waals surface area contributed by atoms with Crippen molar-refractivity contribution in [3.63, 3.8) is 0 Å². The van der Waals surface area contributed by atoms with Crippen LogP contribution < -0.4 is 11.1 Å². The Morgan fingerprint density at radius 1 is 0.966 bits per heavy atom. The van der Waals surface area contributed by atoms with Gasteiger partial charge >= 0.3 is 0 Å². The van der Waals surface area contributed by atoms with Gasteiger partial charge in [0.2, 0.25) is 0 Å². The van der Waals surface area contributed by atoms with E-state index in [4.69, 9.17) is 0 Å². The van der Waals surface area contributed by atoms with Gasteiger partial charge in [0, 0.05) is 0 Å². The Morgan fingerprint density at radius 2 is 1.59 bits per heavy atom. The van der Waals surface area contributed by atoms with Gasteiger partial charge in [-0.1, -0.05) is 16.3 Å². The molecule has 1 aromatic carbocycles. The summed E-state index contributed by atoms with van der Waals surface area (Å²) in [6.07, 6.45) is 1.31. The van der Waals surface area contributed by atoms with Crippen LogP contribution in [0.25, 0.3) is 21.8 Å². The normalized spacial score (nSPS) is 13.2. The highest BCUT2D eigenvalue weighted by Gasteiger charge is 2.16. The first-order valence-electron chi connectivity index (χ1n) is 8.81. The van der Waals surface area contributed by atoms with Crippen LogP contribution in [0.5, 0.6) is 0 Å². The molecular formula is C17H16N10O2. The van der Waals surface area contributed by atoms with E-state index in [1.54, 1.807) is 20.8 Å². The molecule has 0 aliphatic rings. The van der Waals surface area contributed by atoms with Gasteiger partial charge in [-0.2, -0.15) is 9.48 Å². The van der Waals surface area contributed by atoms with Crippen LogP contribution in [0.2, 0.25) is 0 Å². The van der Waals surface area contributed by atoms with Gasteiger partial charge in [-0.25, -0.2) is 4.68 Å². The van der Waals surface area contributed by atoms with Crippen LogP contribution >= 0.6 is 0 Å². The predicted octanol–water partition coefficient (Wildman–Crippen LogP) is -0.272. The zero-order valence-electron chi connectivity index (χ0n) is 15.9. The maximum absolute atomic E-state index is 12.9. The van der Waals surface area contributed by atoms with E-state index in [-0.39, 0.29) is 17.2 Å². The zero-order valence-corrected chi connectivity index (χ0v) is 15.9. The summed E-state index contributed by atoms with van der Waals surface area (Å²) in [5.41, 5.74) is -0.113. The molecule has 3 aromatic heterocycles. The number of rotatable bonds is 4. The summed E-state index contributed by atoms with van der Waals surface area (Å²) in [4.78, 5) is 27.1. The third kappa shape index (κ3) is 3.22. The number of hydrogen-bond donors (Lipinski definition) is 0. The highest BCUT2D eigenvalue weighted by atomic mass is 16.1. The molecule has 29 heavy (non-hydrogen) atoms. The summed E-state index contributed by atoms with van der Waals surface area (Å²) in [5.74, 6) is 5.62. The van der Waals surface area contributed by atoms with Crippen LogP contribution in [0.4, 0.5) is 0 Å². The van der Waals surface area contributed by atoms with Gasteiger partial charge in [0.05, 0.1) is 23.4 Å². The van der Waals surface area contributed by atoms with E-state index in [0.29, 0.717) is 28.4 Å². The fourth-order valence-electron chi connectivity index (χ4n) is 3.00. The third-order valence-corrected chi connectivity index (χ3v) is 4.45. The molecule has 0 aliphatic heterocycles. The summed E-state index contributed by atoms with van der Waals surface area (Å²) >= 11 is 0. The Morgan fingerprint density at radius 3 is 2.17 bits per heavy atom. The number of tetrazole rings is 1. The average Bonchev–Trinajstić information content (AvgIpc) is 3.21. The second-order valence-corrected chi connectivity index (χ2v) is 6.47. The van der Waals surface area contributed by atoms with Crippen LogP contribution in [0.15, 0.2) is 28.0 Å². The largest absolute Gasteiger partial charge is 0.278 e. The van der Waals surface area contributed by atoms with Gasteiger partial charge in [0.15, 0.2) is 6.33 Å². The maximum Gasteiger partial charge on any atom is 0.278 e. The SMILES string of the molecule is CC#CC(C)n1nnc2cc3c(=O)n([C@H](C)Cn4ncnn4)nnc3cc2c1=O. The molecule has 4 rings (SSSR count). The van der Waals surface area contributed by atoms with E-state index in [1.165, 1.54) is 32.6 Å². The van der Waals surface area contributed by atoms with Crippen LogP contribution in [0, 0.1) is 11.8 Å². The molecule has 12 heteroatoms. The fraction of sp³-hybridized carbons (Fsp3) is 0.353. The molecule has 0 saturated heterocycles. The summed E-state index contributed by atoms with van der Waals surface area (Å²) in [5, 5.41) is 28.1. The van der Waals surface area contributed by atoms with Crippen molar-refractivity contribution in [2.45, 2.75) is 39.4 Å². The van der Waals surface area contributed by atoms with Crippen LogP contribution in [-0.4, -0.2) is 50.2 Å². The third-order valence-electron chi connectivity index (χ3n) is 4.45. The van der Waals surface area contributed by atoms with Gasteiger partial charge < -0.3 is 0 Å². The molecule has 2 atom stereocenters. The lowest BCUT2D eigenvalue weighted by Crippen LogP contribution is -2.30. The highest BCUT2D eigenvalue weighted by Crippen LogP contribution is 2.15. The average molecular weight is 392 g/mol. The van der Waals surface area contributed by atoms with E-state index in [9.17, 15) is 9.59 Å². The molecule has 1 unspecified atom stereocenters. The van der Waals surface area contributed by atoms with Gasteiger partial charge in [0.1, 0.15) is 17.1 Å². The lowest BCUT2D eigenvalue weighted by atomic mass is 10.1. The van der Waals surface area contributed by atoms with E-state index in [2.05, 4.69) is 47.9 Å². The van der Waals surface area contributed by atoms with E-state index >= 15 is 0 Å². The molecule has 0 spiro atoms. The molecule has 4 aromatic rings. The summed E-state index contributed by atoms with van der Waals surface area (Å²) in [7, 11) is 0. The molecule has 0 radical (unpaired) electrons. The summed E-state index contributed by atoms with van der Waals surface area (Å²) < 4.78 is 2.44. The van der Waals surface area contributed by atoms with Crippen LogP contribution in [0.1, 0.15) is 32.9 Å². The van der Waals surface area contributed by atoms with Gasteiger partial charge in [-0.3, -0.25) is 9.59 Å². The van der Waals surface area contributed by atoms with Crippen molar-refractivity contribution in [2.75, 3.05) is 0 Å². The Labute approximate surface area is 163 Å². The zero-order chi connectivity index (χ0) is 20.5. The quantitative estimate of drug-likeness (QED) is 0.339. The fourth-order valence-corrected chi connectivity index (χ4v) is 3.00. The monoisotopic (exact) mass is 392 g/mol.